The van der Waals surface area contributed by atoms with Gasteiger partial charge in [0.1, 0.15) is 12.4 Å². The van der Waals surface area contributed by atoms with Crippen molar-refractivity contribution in [2.45, 2.75) is 19.8 Å². The van der Waals surface area contributed by atoms with Gasteiger partial charge < -0.3 is 9.47 Å². The number of benzene rings is 1. The fourth-order valence-electron chi connectivity index (χ4n) is 1.92. The Morgan fingerprint density at radius 2 is 2.19 bits per heavy atom. The van der Waals surface area contributed by atoms with E-state index in [0.29, 0.717) is 13.2 Å². The van der Waals surface area contributed by atoms with Gasteiger partial charge >= 0.3 is 0 Å². The van der Waals surface area contributed by atoms with Crippen molar-refractivity contribution in [3.8, 4) is 5.75 Å². The number of aryl methyl sites for hydroxylation is 1. The highest BCUT2D eigenvalue weighted by Crippen LogP contribution is 2.28. The van der Waals surface area contributed by atoms with Gasteiger partial charge in [-0.3, -0.25) is 0 Å². The van der Waals surface area contributed by atoms with E-state index in [1.54, 1.807) is 0 Å². The second-order valence-electron chi connectivity index (χ2n) is 3.82. The van der Waals surface area contributed by atoms with E-state index in [0.717, 1.165) is 25.2 Å². The minimum atomic E-state index is 0.623. The first kappa shape index (κ1) is 11.2. The largest absolute Gasteiger partial charge is 0.491 e. The Morgan fingerprint density at radius 1 is 1.25 bits per heavy atom. The summed E-state index contributed by atoms with van der Waals surface area (Å²) in [5.74, 6) is 0.980. The topological polar surface area (TPSA) is 18.5 Å². The van der Waals surface area contributed by atoms with E-state index in [9.17, 15) is 0 Å². The van der Waals surface area contributed by atoms with Gasteiger partial charge in [-0.2, -0.15) is 0 Å². The molecule has 1 aliphatic carbocycles. The lowest BCUT2D eigenvalue weighted by molar-refractivity contribution is 0.110. The maximum absolute atomic E-state index is 5.73. The number of allylic oxidation sites excluding steroid dienone is 1. The second kappa shape index (κ2) is 5.71. The number of fused-ring (bicyclic) bond motifs is 1. The van der Waals surface area contributed by atoms with E-state index in [1.807, 2.05) is 13.0 Å². The third-order valence-electron chi connectivity index (χ3n) is 2.71. The van der Waals surface area contributed by atoms with Crippen molar-refractivity contribution in [3.63, 3.8) is 0 Å². The smallest absolute Gasteiger partial charge is 0.126 e. The highest BCUT2D eigenvalue weighted by atomic mass is 16.5. The summed E-state index contributed by atoms with van der Waals surface area (Å²) >= 11 is 0. The molecular weight excluding hydrogens is 200 g/mol. The number of hydrogen-bond donors (Lipinski definition) is 0. The Balaban J connectivity index is 2.02. The van der Waals surface area contributed by atoms with Gasteiger partial charge in [0, 0.05) is 12.2 Å². The molecule has 2 rings (SSSR count). The van der Waals surface area contributed by atoms with Crippen molar-refractivity contribution >= 4 is 6.08 Å². The molecule has 0 N–H and O–H groups in total. The zero-order valence-corrected chi connectivity index (χ0v) is 9.74. The fourth-order valence-corrected chi connectivity index (χ4v) is 1.92. The lowest BCUT2D eigenvalue weighted by Crippen LogP contribution is -2.08. The van der Waals surface area contributed by atoms with Crippen molar-refractivity contribution in [2.75, 3.05) is 19.8 Å². The van der Waals surface area contributed by atoms with Crippen LogP contribution in [0, 0.1) is 0 Å². The summed E-state index contributed by atoms with van der Waals surface area (Å²) in [5.41, 5.74) is 2.63. The Bertz CT molecular complexity index is 369. The monoisotopic (exact) mass is 218 g/mol. The van der Waals surface area contributed by atoms with Gasteiger partial charge in [0.25, 0.3) is 0 Å². The Labute approximate surface area is 96.9 Å². The van der Waals surface area contributed by atoms with Crippen LogP contribution in [0.15, 0.2) is 24.3 Å². The predicted octanol–water partition coefficient (Wildman–Crippen LogP) is 3.06. The van der Waals surface area contributed by atoms with E-state index in [1.165, 1.54) is 11.1 Å². The van der Waals surface area contributed by atoms with Gasteiger partial charge in [0.15, 0.2) is 0 Å². The third-order valence-corrected chi connectivity index (χ3v) is 2.71. The quantitative estimate of drug-likeness (QED) is 0.707. The SMILES string of the molecule is CCOCCOc1cccc2c1C=CCC2. The van der Waals surface area contributed by atoms with Crippen LogP contribution in [0.25, 0.3) is 6.08 Å². The van der Waals surface area contributed by atoms with Crippen molar-refractivity contribution in [1.29, 1.82) is 0 Å². The molecule has 0 unspecified atom stereocenters. The molecule has 1 aromatic rings. The summed E-state index contributed by atoms with van der Waals surface area (Å²) < 4.78 is 11.0. The van der Waals surface area contributed by atoms with Crippen LogP contribution in [-0.4, -0.2) is 19.8 Å². The lowest BCUT2D eigenvalue weighted by Gasteiger charge is -2.15. The van der Waals surface area contributed by atoms with Crippen LogP contribution in [0.4, 0.5) is 0 Å². The first-order valence-electron chi connectivity index (χ1n) is 5.91. The minimum absolute atomic E-state index is 0.623. The van der Waals surface area contributed by atoms with Crippen LogP contribution < -0.4 is 4.74 Å². The van der Waals surface area contributed by atoms with E-state index in [-0.39, 0.29) is 0 Å². The highest BCUT2D eigenvalue weighted by Gasteiger charge is 2.09. The molecule has 0 radical (unpaired) electrons. The standard InChI is InChI=1S/C14H18O2/c1-2-15-10-11-16-14-9-5-7-12-6-3-4-8-13(12)14/h4-5,7-9H,2-3,6,10-11H2,1H3. The fraction of sp³-hybridized carbons (Fsp3) is 0.429. The molecule has 1 aliphatic rings. The van der Waals surface area contributed by atoms with E-state index in [2.05, 4.69) is 24.3 Å². The zero-order valence-electron chi connectivity index (χ0n) is 9.74. The number of rotatable bonds is 5. The van der Waals surface area contributed by atoms with Gasteiger partial charge in [-0.25, -0.2) is 0 Å². The van der Waals surface area contributed by atoms with Crippen LogP contribution in [0.3, 0.4) is 0 Å². The van der Waals surface area contributed by atoms with Crippen LogP contribution in [-0.2, 0) is 11.2 Å². The molecule has 0 heterocycles. The molecule has 1 aromatic carbocycles. The first-order chi connectivity index (χ1) is 7.92. The predicted molar refractivity (Wildman–Crippen MR) is 65.8 cm³/mol. The van der Waals surface area contributed by atoms with Crippen LogP contribution in [0.5, 0.6) is 5.75 Å². The molecule has 86 valence electrons. The van der Waals surface area contributed by atoms with Gasteiger partial charge in [-0.15, -0.1) is 0 Å². The number of hydrogen-bond acceptors (Lipinski definition) is 2. The van der Waals surface area contributed by atoms with Crippen LogP contribution in [0.1, 0.15) is 24.5 Å². The summed E-state index contributed by atoms with van der Waals surface area (Å²) in [6, 6.07) is 6.27. The van der Waals surface area contributed by atoms with E-state index < -0.39 is 0 Å². The molecule has 0 saturated heterocycles. The van der Waals surface area contributed by atoms with Crippen LogP contribution in [0.2, 0.25) is 0 Å². The van der Waals surface area contributed by atoms with Gasteiger partial charge in [0.2, 0.25) is 0 Å². The van der Waals surface area contributed by atoms with E-state index in [4.69, 9.17) is 9.47 Å². The molecule has 0 aromatic heterocycles. The van der Waals surface area contributed by atoms with Crippen molar-refractivity contribution in [1.82, 2.24) is 0 Å². The molecule has 0 fully saturated rings. The van der Waals surface area contributed by atoms with E-state index >= 15 is 0 Å². The maximum Gasteiger partial charge on any atom is 0.126 e. The van der Waals surface area contributed by atoms with Gasteiger partial charge in [-0.1, -0.05) is 24.3 Å². The molecule has 2 heteroatoms. The molecular formula is C14H18O2. The molecule has 0 bridgehead atoms. The van der Waals surface area contributed by atoms with Crippen molar-refractivity contribution in [2.24, 2.45) is 0 Å². The summed E-state index contributed by atoms with van der Waals surface area (Å²) in [6.07, 6.45) is 6.62. The van der Waals surface area contributed by atoms with Crippen molar-refractivity contribution < 1.29 is 9.47 Å². The van der Waals surface area contributed by atoms with Crippen LogP contribution >= 0.6 is 0 Å². The molecule has 0 atom stereocenters. The molecule has 0 aliphatic heterocycles. The molecule has 16 heavy (non-hydrogen) atoms. The van der Waals surface area contributed by atoms with Gasteiger partial charge in [0.05, 0.1) is 6.61 Å². The Morgan fingerprint density at radius 3 is 3.06 bits per heavy atom. The highest BCUT2D eigenvalue weighted by molar-refractivity contribution is 5.63. The second-order valence-corrected chi connectivity index (χ2v) is 3.82. The lowest BCUT2D eigenvalue weighted by atomic mass is 9.97. The summed E-state index contributed by atoms with van der Waals surface area (Å²) in [5, 5.41) is 0. The minimum Gasteiger partial charge on any atom is -0.491 e. The number of ether oxygens (including phenoxy) is 2. The maximum atomic E-state index is 5.73. The first-order valence-corrected chi connectivity index (χ1v) is 5.91. The average Bonchev–Trinajstić information content (AvgIpc) is 2.35. The Kier molecular flexibility index (Phi) is 4.00. The molecule has 0 amide bonds. The summed E-state index contributed by atoms with van der Waals surface area (Å²) in [7, 11) is 0. The Hall–Kier alpha value is -1.28. The molecule has 0 saturated carbocycles. The molecule has 2 nitrogen and oxygen atoms in total. The normalized spacial score (nSPS) is 13.6. The average molecular weight is 218 g/mol. The van der Waals surface area contributed by atoms with Gasteiger partial charge in [-0.05, 0) is 31.4 Å². The summed E-state index contributed by atoms with van der Waals surface area (Å²) in [6.45, 7) is 4.02. The summed E-state index contributed by atoms with van der Waals surface area (Å²) in [4.78, 5) is 0. The zero-order chi connectivity index (χ0) is 11.2. The molecule has 0 spiro atoms. The van der Waals surface area contributed by atoms with Crippen molar-refractivity contribution in [3.05, 3.63) is 35.4 Å². The third kappa shape index (κ3) is 2.64.